The predicted octanol–water partition coefficient (Wildman–Crippen LogP) is 1.42. The molecule has 0 spiro atoms. The Morgan fingerprint density at radius 1 is 1.46 bits per heavy atom. The molecule has 0 radical (unpaired) electrons. The molecule has 13 heavy (non-hydrogen) atoms. The van der Waals surface area contributed by atoms with E-state index in [1.807, 2.05) is 0 Å². The van der Waals surface area contributed by atoms with Gasteiger partial charge in [-0.15, -0.1) is 0 Å². The van der Waals surface area contributed by atoms with Gasteiger partial charge in [0.25, 0.3) is 0 Å². The van der Waals surface area contributed by atoms with Crippen LogP contribution in [0.25, 0.3) is 0 Å². The van der Waals surface area contributed by atoms with Crippen LogP contribution in [0.2, 0.25) is 0 Å². The Morgan fingerprint density at radius 3 is 2.31 bits per heavy atom. The van der Waals surface area contributed by atoms with Crippen molar-refractivity contribution in [3.8, 4) is 0 Å². The summed E-state index contributed by atoms with van der Waals surface area (Å²) in [4.78, 5) is 11.5. The molecular formula is C10H22N2O. The van der Waals surface area contributed by atoms with Gasteiger partial charge in [0.2, 0.25) is 5.91 Å². The van der Waals surface area contributed by atoms with E-state index in [1.54, 1.807) is 13.8 Å². The van der Waals surface area contributed by atoms with Crippen LogP contribution in [0.1, 0.15) is 47.0 Å². The zero-order chi connectivity index (χ0) is 10.5. The van der Waals surface area contributed by atoms with E-state index in [0.717, 1.165) is 19.3 Å². The number of carbonyl (C=O) groups is 1. The quantitative estimate of drug-likeness (QED) is 0.682. The van der Waals surface area contributed by atoms with E-state index in [4.69, 9.17) is 5.73 Å². The summed E-state index contributed by atoms with van der Waals surface area (Å²) >= 11 is 0. The molecule has 3 N–H and O–H groups in total. The molecule has 1 amide bonds. The van der Waals surface area contributed by atoms with Gasteiger partial charge in [-0.2, -0.15) is 0 Å². The summed E-state index contributed by atoms with van der Waals surface area (Å²) in [6.07, 6.45) is 3.08. The van der Waals surface area contributed by atoms with Crippen molar-refractivity contribution in [2.24, 2.45) is 5.73 Å². The Bertz CT molecular complexity index is 161. The van der Waals surface area contributed by atoms with Crippen molar-refractivity contribution in [2.75, 3.05) is 0 Å². The Labute approximate surface area is 81.1 Å². The zero-order valence-electron chi connectivity index (χ0n) is 9.18. The minimum absolute atomic E-state index is 0.0622. The molecule has 0 aliphatic rings. The Kier molecular flexibility index (Phi) is 4.99. The van der Waals surface area contributed by atoms with Crippen molar-refractivity contribution in [3.05, 3.63) is 0 Å². The van der Waals surface area contributed by atoms with Crippen LogP contribution < -0.4 is 11.1 Å². The van der Waals surface area contributed by atoms with Crippen molar-refractivity contribution < 1.29 is 4.79 Å². The van der Waals surface area contributed by atoms with Crippen LogP contribution >= 0.6 is 0 Å². The maximum Gasteiger partial charge on any atom is 0.239 e. The molecule has 0 aromatic carbocycles. The van der Waals surface area contributed by atoms with Crippen molar-refractivity contribution >= 4 is 5.91 Å². The Balaban J connectivity index is 4.01. The van der Waals surface area contributed by atoms with E-state index < -0.39 is 5.54 Å². The van der Waals surface area contributed by atoms with Gasteiger partial charge in [-0.25, -0.2) is 0 Å². The minimum Gasteiger partial charge on any atom is -0.352 e. The highest BCUT2D eigenvalue weighted by Gasteiger charge is 2.23. The molecule has 1 atom stereocenters. The van der Waals surface area contributed by atoms with E-state index in [-0.39, 0.29) is 11.9 Å². The van der Waals surface area contributed by atoms with Crippen LogP contribution in [0.5, 0.6) is 0 Å². The molecule has 0 saturated carbocycles. The van der Waals surface area contributed by atoms with Gasteiger partial charge in [-0.3, -0.25) is 4.79 Å². The molecule has 0 aliphatic carbocycles. The largest absolute Gasteiger partial charge is 0.352 e. The van der Waals surface area contributed by atoms with Crippen LogP contribution in [0, 0.1) is 0 Å². The number of amides is 1. The van der Waals surface area contributed by atoms with Gasteiger partial charge < -0.3 is 11.1 Å². The first-order chi connectivity index (χ1) is 5.91. The molecule has 0 rings (SSSR count). The van der Waals surface area contributed by atoms with Crippen molar-refractivity contribution in [1.29, 1.82) is 0 Å². The first-order valence-electron chi connectivity index (χ1n) is 5.01. The summed E-state index contributed by atoms with van der Waals surface area (Å²) in [5, 5.41) is 2.94. The van der Waals surface area contributed by atoms with Crippen molar-refractivity contribution in [2.45, 2.75) is 58.5 Å². The molecule has 1 unspecified atom stereocenters. The predicted molar refractivity (Wildman–Crippen MR) is 55.4 cm³/mol. The lowest BCUT2D eigenvalue weighted by Gasteiger charge is -2.23. The van der Waals surface area contributed by atoms with Gasteiger partial charge in [0.1, 0.15) is 0 Å². The smallest absolute Gasteiger partial charge is 0.239 e. The third-order valence-electron chi connectivity index (χ3n) is 2.05. The number of carbonyl (C=O) groups excluding carboxylic acids is 1. The van der Waals surface area contributed by atoms with Gasteiger partial charge in [0, 0.05) is 6.04 Å². The molecular weight excluding hydrogens is 164 g/mol. The molecule has 0 aliphatic heterocycles. The van der Waals surface area contributed by atoms with Crippen molar-refractivity contribution in [3.63, 3.8) is 0 Å². The lowest BCUT2D eigenvalue weighted by molar-refractivity contribution is -0.126. The maximum absolute atomic E-state index is 11.5. The Morgan fingerprint density at radius 2 is 2.00 bits per heavy atom. The zero-order valence-corrected chi connectivity index (χ0v) is 9.18. The SMILES string of the molecule is CCCC(CC)NC(=O)C(C)(C)N. The second kappa shape index (κ2) is 5.22. The fourth-order valence-electron chi connectivity index (χ4n) is 1.10. The van der Waals surface area contributed by atoms with Crippen LogP contribution in [0.4, 0.5) is 0 Å². The van der Waals surface area contributed by atoms with Gasteiger partial charge in [0.15, 0.2) is 0 Å². The van der Waals surface area contributed by atoms with Crippen LogP contribution in [0.3, 0.4) is 0 Å². The van der Waals surface area contributed by atoms with E-state index in [9.17, 15) is 4.79 Å². The van der Waals surface area contributed by atoms with Gasteiger partial charge in [0.05, 0.1) is 5.54 Å². The van der Waals surface area contributed by atoms with E-state index in [2.05, 4.69) is 19.2 Å². The van der Waals surface area contributed by atoms with E-state index >= 15 is 0 Å². The lowest BCUT2D eigenvalue weighted by atomic mass is 10.0. The van der Waals surface area contributed by atoms with Gasteiger partial charge >= 0.3 is 0 Å². The fourth-order valence-corrected chi connectivity index (χ4v) is 1.10. The summed E-state index contributed by atoms with van der Waals surface area (Å²) < 4.78 is 0. The molecule has 3 heteroatoms. The minimum atomic E-state index is -0.763. The Hall–Kier alpha value is -0.570. The number of nitrogens with two attached hydrogens (primary N) is 1. The monoisotopic (exact) mass is 186 g/mol. The molecule has 0 heterocycles. The second-order valence-corrected chi connectivity index (χ2v) is 4.09. The summed E-state index contributed by atoms with van der Waals surface area (Å²) in [6, 6.07) is 0.278. The molecule has 0 aromatic heterocycles. The first-order valence-corrected chi connectivity index (χ1v) is 5.01. The lowest BCUT2D eigenvalue weighted by Crippen LogP contribution is -2.52. The highest BCUT2D eigenvalue weighted by atomic mass is 16.2. The average molecular weight is 186 g/mol. The standard InChI is InChI=1S/C10H22N2O/c1-5-7-8(6-2)12-9(13)10(3,4)11/h8H,5-7,11H2,1-4H3,(H,12,13). The third-order valence-corrected chi connectivity index (χ3v) is 2.05. The van der Waals surface area contributed by atoms with E-state index in [0.29, 0.717) is 0 Å². The maximum atomic E-state index is 11.5. The second-order valence-electron chi connectivity index (χ2n) is 4.09. The van der Waals surface area contributed by atoms with Gasteiger partial charge in [-0.05, 0) is 26.7 Å². The normalized spacial score (nSPS) is 13.9. The number of hydrogen-bond acceptors (Lipinski definition) is 2. The molecule has 78 valence electrons. The van der Waals surface area contributed by atoms with Gasteiger partial charge in [-0.1, -0.05) is 20.3 Å². The molecule has 0 saturated heterocycles. The first kappa shape index (κ1) is 12.4. The van der Waals surface area contributed by atoms with Crippen molar-refractivity contribution in [1.82, 2.24) is 5.32 Å². The summed E-state index contributed by atoms with van der Waals surface area (Å²) in [5.41, 5.74) is 4.90. The highest BCUT2D eigenvalue weighted by molar-refractivity contribution is 5.85. The molecule has 0 bridgehead atoms. The third kappa shape index (κ3) is 4.88. The topological polar surface area (TPSA) is 55.1 Å². The van der Waals surface area contributed by atoms with Crippen LogP contribution in [-0.2, 0) is 4.79 Å². The molecule has 0 fully saturated rings. The summed E-state index contributed by atoms with van der Waals surface area (Å²) in [6.45, 7) is 7.63. The number of hydrogen-bond donors (Lipinski definition) is 2. The summed E-state index contributed by atoms with van der Waals surface area (Å²) in [5.74, 6) is -0.0622. The molecule has 0 aromatic rings. The fraction of sp³-hybridized carbons (Fsp3) is 0.900. The summed E-state index contributed by atoms with van der Waals surface area (Å²) in [7, 11) is 0. The van der Waals surface area contributed by atoms with Crippen LogP contribution in [-0.4, -0.2) is 17.5 Å². The van der Waals surface area contributed by atoms with Crippen LogP contribution in [0.15, 0.2) is 0 Å². The number of rotatable bonds is 5. The number of nitrogens with one attached hydrogen (secondary N) is 1. The average Bonchev–Trinajstić information content (AvgIpc) is 2.01. The highest BCUT2D eigenvalue weighted by Crippen LogP contribution is 2.04. The van der Waals surface area contributed by atoms with E-state index in [1.165, 1.54) is 0 Å². The molecule has 3 nitrogen and oxygen atoms in total.